The number of rotatable bonds is 8. The maximum absolute atomic E-state index is 11.9. The lowest BCUT2D eigenvalue weighted by Crippen LogP contribution is -2.31. The minimum absolute atomic E-state index is 0.0578. The second-order valence-electron chi connectivity index (χ2n) is 5.23. The van der Waals surface area contributed by atoms with E-state index in [0.29, 0.717) is 17.2 Å². The molecule has 0 aliphatic rings. The third-order valence-electron chi connectivity index (χ3n) is 3.27. The molecule has 23 heavy (non-hydrogen) atoms. The van der Waals surface area contributed by atoms with Gasteiger partial charge in [0.2, 0.25) is 10.0 Å². The van der Waals surface area contributed by atoms with Gasteiger partial charge >= 0.3 is 0 Å². The zero-order chi connectivity index (χ0) is 16.7. The Hall–Kier alpha value is -1.56. The summed E-state index contributed by atoms with van der Waals surface area (Å²) in [7, 11) is -3.32. The van der Waals surface area contributed by atoms with E-state index in [4.69, 9.17) is 16.3 Å². The van der Waals surface area contributed by atoms with E-state index >= 15 is 0 Å². The van der Waals surface area contributed by atoms with Crippen LogP contribution in [0, 0.1) is 6.92 Å². The Morgan fingerprint density at radius 3 is 2.61 bits per heavy atom. The molecule has 0 aromatic heterocycles. The Labute approximate surface area is 142 Å². The maximum atomic E-state index is 11.9. The molecule has 2 rings (SSSR count). The first kappa shape index (κ1) is 17.8. The number of halogens is 1. The zero-order valence-electron chi connectivity index (χ0n) is 13.0. The Bertz CT molecular complexity index is 733. The fraction of sp³-hybridized carbons (Fsp3) is 0.294. The summed E-state index contributed by atoms with van der Waals surface area (Å²) in [4.78, 5) is 0. The molecule has 0 atom stereocenters. The molecule has 0 aliphatic carbocycles. The van der Waals surface area contributed by atoms with Gasteiger partial charge in [0.25, 0.3) is 0 Å². The molecule has 0 fully saturated rings. The van der Waals surface area contributed by atoms with E-state index in [-0.39, 0.29) is 18.9 Å². The number of hydrogen-bond donors (Lipinski definition) is 1. The molecule has 0 saturated carbocycles. The van der Waals surface area contributed by atoms with Crippen molar-refractivity contribution in [3.8, 4) is 5.75 Å². The Balaban J connectivity index is 1.75. The van der Waals surface area contributed by atoms with Crippen LogP contribution in [-0.4, -0.2) is 27.3 Å². The van der Waals surface area contributed by atoms with Gasteiger partial charge in [-0.15, -0.1) is 0 Å². The fourth-order valence-electron chi connectivity index (χ4n) is 2.05. The van der Waals surface area contributed by atoms with E-state index in [9.17, 15) is 8.42 Å². The van der Waals surface area contributed by atoms with Crippen molar-refractivity contribution in [2.75, 3.05) is 18.9 Å². The predicted octanol–water partition coefficient (Wildman–Crippen LogP) is 3.19. The molecule has 124 valence electrons. The van der Waals surface area contributed by atoms with Crippen LogP contribution in [0.5, 0.6) is 5.75 Å². The van der Waals surface area contributed by atoms with Crippen LogP contribution in [0.15, 0.2) is 48.5 Å². The van der Waals surface area contributed by atoms with Gasteiger partial charge < -0.3 is 4.74 Å². The molecule has 0 amide bonds. The second kappa shape index (κ2) is 8.34. The monoisotopic (exact) mass is 353 g/mol. The molecular weight excluding hydrogens is 334 g/mol. The zero-order valence-corrected chi connectivity index (χ0v) is 14.5. The van der Waals surface area contributed by atoms with E-state index in [1.807, 2.05) is 49.4 Å². The molecule has 0 unspecified atom stereocenters. The molecule has 2 aromatic carbocycles. The third-order valence-corrected chi connectivity index (χ3v) is 4.97. The largest absolute Gasteiger partial charge is 0.491 e. The smallest absolute Gasteiger partial charge is 0.212 e. The molecule has 0 bridgehead atoms. The highest BCUT2D eigenvalue weighted by Gasteiger charge is 2.10. The standard InChI is InChI=1S/C17H20ClNO3S/c1-14-7-8-16(18)17(13-14)22-11-10-19-23(20,21)12-9-15-5-3-2-4-6-15/h2-8,13,19H,9-12H2,1H3. The van der Waals surface area contributed by atoms with Crippen molar-refractivity contribution in [3.63, 3.8) is 0 Å². The van der Waals surface area contributed by atoms with E-state index < -0.39 is 10.0 Å². The molecule has 2 aromatic rings. The fourth-order valence-corrected chi connectivity index (χ4v) is 3.26. The topological polar surface area (TPSA) is 55.4 Å². The lowest BCUT2D eigenvalue weighted by molar-refractivity contribution is 0.323. The van der Waals surface area contributed by atoms with Gasteiger partial charge in [-0.25, -0.2) is 13.1 Å². The lowest BCUT2D eigenvalue weighted by atomic mass is 10.2. The van der Waals surface area contributed by atoms with Gasteiger partial charge in [-0.1, -0.05) is 48.0 Å². The van der Waals surface area contributed by atoms with Crippen molar-refractivity contribution in [3.05, 3.63) is 64.7 Å². The molecule has 0 heterocycles. The molecule has 1 N–H and O–H groups in total. The Kier molecular flexibility index (Phi) is 6.45. The van der Waals surface area contributed by atoms with E-state index in [1.165, 1.54) is 0 Å². The lowest BCUT2D eigenvalue weighted by Gasteiger charge is -2.10. The van der Waals surface area contributed by atoms with Crippen LogP contribution in [0.1, 0.15) is 11.1 Å². The molecule has 0 spiro atoms. The van der Waals surface area contributed by atoms with Gasteiger partial charge in [-0.3, -0.25) is 0 Å². The van der Waals surface area contributed by atoms with E-state index in [1.54, 1.807) is 6.07 Å². The third kappa shape index (κ3) is 6.22. The molecule has 0 radical (unpaired) electrons. The summed E-state index contributed by atoms with van der Waals surface area (Å²) in [5, 5.41) is 0.516. The van der Waals surface area contributed by atoms with Crippen LogP contribution in [0.25, 0.3) is 0 Å². The first-order valence-corrected chi connectivity index (χ1v) is 9.39. The minimum atomic E-state index is -3.32. The maximum Gasteiger partial charge on any atom is 0.212 e. The van der Waals surface area contributed by atoms with Crippen LogP contribution in [-0.2, 0) is 16.4 Å². The number of ether oxygens (including phenoxy) is 1. The molecule has 0 aliphatic heterocycles. The summed E-state index contributed by atoms with van der Waals surface area (Å²) in [6.45, 7) is 2.38. The highest BCUT2D eigenvalue weighted by Crippen LogP contribution is 2.24. The highest BCUT2D eigenvalue weighted by molar-refractivity contribution is 7.89. The summed E-state index contributed by atoms with van der Waals surface area (Å²) in [6, 6.07) is 15.0. The van der Waals surface area contributed by atoms with Crippen LogP contribution in [0.3, 0.4) is 0 Å². The first-order valence-electron chi connectivity index (χ1n) is 7.36. The Morgan fingerprint density at radius 1 is 1.13 bits per heavy atom. The second-order valence-corrected chi connectivity index (χ2v) is 7.56. The average molecular weight is 354 g/mol. The average Bonchev–Trinajstić information content (AvgIpc) is 2.54. The number of sulfonamides is 1. The number of hydrogen-bond acceptors (Lipinski definition) is 3. The SMILES string of the molecule is Cc1ccc(Cl)c(OCCNS(=O)(=O)CCc2ccccc2)c1. The van der Waals surface area contributed by atoms with Crippen LogP contribution in [0.4, 0.5) is 0 Å². The summed E-state index contributed by atoms with van der Waals surface area (Å²) < 4.78 is 31.9. The van der Waals surface area contributed by atoms with Crippen molar-refractivity contribution in [1.82, 2.24) is 4.72 Å². The molecule has 4 nitrogen and oxygen atoms in total. The van der Waals surface area contributed by atoms with E-state index in [2.05, 4.69) is 4.72 Å². The van der Waals surface area contributed by atoms with Gasteiger partial charge in [-0.2, -0.15) is 0 Å². The van der Waals surface area contributed by atoms with Crippen molar-refractivity contribution in [2.24, 2.45) is 0 Å². The summed E-state index contributed by atoms with van der Waals surface area (Å²) in [6.07, 6.45) is 0.487. The van der Waals surface area contributed by atoms with Crippen LogP contribution < -0.4 is 9.46 Å². The molecular formula is C17H20ClNO3S. The summed E-state index contributed by atoms with van der Waals surface area (Å²) in [5.41, 5.74) is 2.04. The minimum Gasteiger partial charge on any atom is -0.491 e. The molecule has 6 heteroatoms. The van der Waals surface area contributed by atoms with Crippen molar-refractivity contribution in [1.29, 1.82) is 0 Å². The number of aryl methyl sites for hydroxylation is 2. The summed E-state index contributed by atoms with van der Waals surface area (Å²) >= 11 is 6.02. The first-order chi connectivity index (χ1) is 11.0. The van der Waals surface area contributed by atoms with Crippen LogP contribution >= 0.6 is 11.6 Å². The highest BCUT2D eigenvalue weighted by atomic mass is 35.5. The normalized spacial score (nSPS) is 11.4. The van der Waals surface area contributed by atoms with Crippen molar-refractivity contribution < 1.29 is 13.2 Å². The van der Waals surface area contributed by atoms with E-state index in [0.717, 1.165) is 11.1 Å². The van der Waals surface area contributed by atoms with Gasteiger partial charge in [0.15, 0.2) is 0 Å². The molecule has 0 saturated heterocycles. The van der Waals surface area contributed by atoms with Crippen molar-refractivity contribution in [2.45, 2.75) is 13.3 Å². The number of benzene rings is 2. The summed E-state index contributed by atoms with van der Waals surface area (Å²) in [5.74, 6) is 0.623. The van der Waals surface area contributed by atoms with Gasteiger partial charge in [0.1, 0.15) is 12.4 Å². The van der Waals surface area contributed by atoms with Gasteiger partial charge in [0, 0.05) is 6.54 Å². The van der Waals surface area contributed by atoms with Gasteiger partial charge in [-0.05, 0) is 36.6 Å². The van der Waals surface area contributed by atoms with Crippen molar-refractivity contribution >= 4 is 21.6 Å². The van der Waals surface area contributed by atoms with Gasteiger partial charge in [0.05, 0.1) is 10.8 Å². The predicted molar refractivity (Wildman–Crippen MR) is 93.6 cm³/mol. The van der Waals surface area contributed by atoms with Crippen LogP contribution in [0.2, 0.25) is 5.02 Å². The quantitative estimate of drug-likeness (QED) is 0.741. The number of nitrogens with one attached hydrogen (secondary N) is 1. The Morgan fingerprint density at radius 2 is 1.87 bits per heavy atom.